The Morgan fingerprint density at radius 2 is 1.02 bits per heavy atom. The highest BCUT2D eigenvalue weighted by atomic mass is 16.6. The Morgan fingerprint density at radius 3 is 1.49 bits per heavy atom. The number of piperazine rings is 1. The summed E-state index contributed by atoms with van der Waals surface area (Å²) in [6.07, 6.45) is 18.7. The number of esters is 2. The van der Waals surface area contributed by atoms with E-state index in [1.165, 1.54) is 83.5 Å². The largest absolute Gasteiger partial charge is 0.461 e. The number of carbonyl (C=O) groups is 5. The van der Waals surface area contributed by atoms with E-state index in [9.17, 15) is 24.0 Å². The summed E-state index contributed by atoms with van der Waals surface area (Å²) in [7, 11) is 0. The van der Waals surface area contributed by atoms with E-state index in [1.807, 2.05) is 4.90 Å². The van der Waals surface area contributed by atoms with Crippen molar-refractivity contribution in [1.29, 1.82) is 0 Å². The number of carbonyl (C=O) groups excluding carboxylic acids is 5. The van der Waals surface area contributed by atoms with Gasteiger partial charge in [0.15, 0.2) is 6.10 Å². The molecule has 1 unspecified atom stereocenters. The first-order chi connectivity index (χ1) is 26.6. The van der Waals surface area contributed by atoms with Gasteiger partial charge in [0, 0.05) is 51.0 Å². The van der Waals surface area contributed by atoms with Crippen LogP contribution in [0.5, 0.6) is 0 Å². The van der Waals surface area contributed by atoms with E-state index < -0.39 is 29.4 Å². The van der Waals surface area contributed by atoms with Gasteiger partial charge in [-0.2, -0.15) is 0 Å². The number of hydrogen-bond donors (Lipinski definition) is 1. The van der Waals surface area contributed by atoms with Crippen molar-refractivity contribution in [2.24, 2.45) is 5.41 Å². The minimum Gasteiger partial charge on any atom is -0.461 e. The van der Waals surface area contributed by atoms with Crippen LogP contribution in [-0.4, -0.2) is 84.9 Å². The summed E-state index contributed by atoms with van der Waals surface area (Å²) in [4.78, 5) is 68.6. The second-order valence-electron chi connectivity index (χ2n) is 15.6. The molecule has 3 amide bonds. The molecule has 0 bridgehead atoms. The first kappa shape index (κ1) is 45.2. The molecular weight excluding hydrogens is 695 g/mol. The van der Waals surface area contributed by atoms with Gasteiger partial charge >= 0.3 is 11.9 Å². The summed E-state index contributed by atoms with van der Waals surface area (Å²) in [5.74, 6) is -1.80. The highest BCUT2D eigenvalue weighted by molar-refractivity contribution is 5.93. The average Bonchev–Trinajstić information content (AvgIpc) is 3.20. The summed E-state index contributed by atoms with van der Waals surface area (Å²) in [5, 5.41) is 2.76. The number of rotatable bonds is 26. The van der Waals surface area contributed by atoms with Gasteiger partial charge in [0.25, 0.3) is 5.91 Å². The maximum Gasteiger partial charge on any atom is 0.338 e. The molecule has 304 valence electrons. The Kier molecular flexibility index (Phi) is 21.2. The lowest BCUT2D eigenvalue weighted by Crippen LogP contribution is -2.51. The lowest BCUT2D eigenvalue weighted by Gasteiger charge is -2.35. The molecule has 0 radical (unpaired) electrons. The highest BCUT2D eigenvalue weighted by Crippen LogP contribution is 2.26. The van der Waals surface area contributed by atoms with Crippen molar-refractivity contribution in [3.8, 4) is 0 Å². The minimum atomic E-state index is -1.31. The molecule has 2 aromatic rings. The fourth-order valence-electron chi connectivity index (χ4n) is 6.86. The molecule has 10 heteroatoms. The summed E-state index contributed by atoms with van der Waals surface area (Å²) in [5.41, 5.74) is -0.456. The summed E-state index contributed by atoms with van der Waals surface area (Å²) in [6.45, 7) is 7.38. The van der Waals surface area contributed by atoms with Crippen molar-refractivity contribution in [3.63, 3.8) is 0 Å². The summed E-state index contributed by atoms with van der Waals surface area (Å²) in [6, 6.07) is 16.8. The molecule has 0 aromatic heterocycles. The molecule has 1 saturated heterocycles. The lowest BCUT2D eigenvalue weighted by molar-refractivity contribution is -0.140. The van der Waals surface area contributed by atoms with E-state index in [1.54, 1.807) is 79.4 Å². The third-order valence-corrected chi connectivity index (χ3v) is 10.4. The molecular formula is C45H67N3O7. The molecule has 1 aliphatic heterocycles. The predicted octanol–water partition coefficient (Wildman–Crippen LogP) is 8.53. The van der Waals surface area contributed by atoms with Crippen molar-refractivity contribution in [3.05, 3.63) is 71.8 Å². The zero-order chi connectivity index (χ0) is 39.7. The molecule has 1 fully saturated rings. The lowest BCUT2D eigenvalue weighted by atomic mass is 9.86. The van der Waals surface area contributed by atoms with Gasteiger partial charge < -0.3 is 24.6 Å². The number of nitrogens with zero attached hydrogens (tertiary/aromatic N) is 2. The van der Waals surface area contributed by atoms with Crippen molar-refractivity contribution < 1.29 is 33.4 Å². The maximum absolute atomic E-state index is 13.5. The molecule has 1 atom stereocenters. The Balaban J connectivity index is 1.33. The third kappa shape index (κ3) is 17.4. The Labute approximate surface area is 330 Å². The minimum absolute atomic E-state index is 0.0370. The van der Waals surface area contributed by atoms with E-state index in [4.69, 9.17) is 9.47 Å². The number of amides is 3. The van der Waals surface area contributed by atoms with Gasteiger partial charge in [0.2, 0.25) is 11.8 Å². The van der Waals surface area contributed by atoms with E-state index in [0.717, 1.165) is 12.8 Å². The van der Waals surface area contributed by atoms with Gasteiger partial charge in [0.05, 0.1) is 11.1 Å². The van der Waals surface area contributed by atoms with Crippen LogP contribution in [0.1, 0.15) is 151 Å². The monoisotopic (exact) mass is 761 g/mol. The predicted molar refractivity (Wildman–Crippen MR) is 216 cm³/mol. The third-order valence-electron chi connectivity index (χ3n) is 10.4. The van der Waals surface area contributed by atoms with Crippen LogP contribution >= 0.6 is 0 Å². The molecule has 2 aromatic carbocycles. The van der Waals surface area contributed by atoms with Gasteiger partial charge in [-0.1, -0.05) is 147 Å². The van der Waals surface area contributed by atoms with Gasteiger partial charge in [0.1, 0.15) is 6.61 Å². The standard InChI is InChI=1S/C45H67N3O7/c1-4-5-6-7-8-9-10-11-12-13-14-15-16-17-24-29-39(49)47-32-34-48(35-33-47)40(50)30-31-46-42(51)41(55-44(53)38-27-22-19-23-28-38)45(2,3)36-54-43(52)37-25-20-18-21-26-37/h18-23,25-28,41H,4-17,24,29-36H2,1-3H3,(H,46,51). The summed E-state index contributed by atoms with van der Waals surface area (Å²) >= 11 is 0. The number of nitrogens with one attached hydrogen (secondary N) is 1. The van der Waals surface area contributed by atoms with Crippen LogP contribution in [0.25, 0.3) is 0 Å². The van der Waals surface area contributed by atoms with Crippen LogP contribution < -0.4 is 5.32 Å². The van der Waals surface area contributed by atoms with E-state index in [2.05, 4.69) is 12.2 Å². The molecule has 0 spiro atoms. The molecule has 10 nitrogen and oxygen atoms in total. The number of hydrogen-bond acceptors (Lipinski definition) is 7. The number of benzene rings is 2. The molecule has 1 N–H and O–H groups in total. The second kappa shape index (κ2) is 25.8. The van der Waals surface area contributed by atoms with Crippen molar-refractivity contribution in [2.75, 3.05) is 39.3 Å². The van der Waals surface area contributed by atoms with Crippen LogP contribution in [0.15, 0.2) is 60.7 Å². The zero-order valence-electron chi connectivity index (χ0n) is 33.9. The van der Waals surface area contributed by atoms with Gasteiger partial charge in [-0.25, -0.2) is 9.59 Å². The number of unbranched alkanes of at least 4 members (excludes halogenated alkanes) is 14. The fourth-order valence-corrected chi connectivity index (χ4v) is 6.86. The van der Waals surface area contributed by atoms with Gasteiger partial charge in [-0.05, 0) is 30.7 Å². The van der Waals surface area contributed by atoms with E-state index in [-0.39, 0.29) is 37.0 Å². The second-order valence-corrected chi connectivity index (χ2v) is 15.6. The van der Waals surface area contributed by atoms with Crippen molar-refractivity contribution >= 4 is 29.7 Å². The van der Waals surface area contributed by atoms with E-state index in [0.29, 0.717) is 38.2 Å². The molecule has 55 heavy (non-hydrogen) atoms. The first-order valence-corrected chi connectivity index (χ1v) is 20.9. The quantitative estimate of drug-likeness (QED) is 0.0754. The molecule has 0 aliphatic carbocycles. The average molecular weight is 762 g/mol. The fraction of sp³-hybridized carbons (Fsp3) is 0.622. The SMILES string of the molecule is CCCCCCCCCCCCCCCCCC(=O)N1CCN(C(=O)CCNC(=O)C(OC(=O)c2ccccc2)C(C)(C)COC(=O)c2ccccc2)CC1. The molecule has 1 heterocycles. The topological polar surface area (TPSA) is 122 Å². The summed E-state index contributed by atoms with van der Waals surface area (Å²) < 4.78 is 11.2. The smallest absolute Gasteiger partial charge is 0.338 e. The van der Waals surface area contributed by atoms with Crippen LogP contribution in [-0.2, 0) is 23.9 Å². The van der Waals surface area contributed by atoms with E-state index >= 15 is 0 Å². The molecule has 3 rings (SSSR count). The van der Waals surface area contributed by atoms with Crippen molar-refractivity contribution in [1.82, 2.24) is 15.1 Å². The van der Waals surface area contributed by atoms with Gasteiger partial charge in [-0.3, -0.25) is 14.4 Å². The Hall–Kier alpha value is -4.21. The van der Waals surface area contributed by atoms with Crippen LogP contribution in [0.4, 0.5) is 0 Å². The molecule has 1 aliphatic rings. The van der Waals surface area contributed by atoms with Crippen LogP contribution in [0.2, 0.25) is 0 Å². The Morgan fingerprint density at radius 1 is 0.600 bits per heavy atom. The Bertz CT molecular complexity index is 1420. The molecule has 0 saturated carbocycles. The van der Waals surface area contributed by atoms with Crippen LogP contribution in [0, 0.1) is 5.41 Å². The zero-order valence-corrected chi connectivity index (χ0v) is 33.9. The first-order valence-electron chi connectivity index (χ1n) is 20.9. The number of ether oxygens (including phenoxy) is 2. The highest BCUT2D eigenvalue weighted by Gasteiger charge is 2.40. The van der Waals surface area contributed by atoms with Crippen molar-refractivity contribution in [2.45, 2.75) is 136 Å². The normalized spacial score (nSPS) is 13.6. The van der Waals surface area contributed by atoms with Crippen LogP contribution in [0.3, 0.4) is 0 Å². The van der Waals surface area contributed by atoms with Gasteiger partial charge in [-0.15, -0.1) is 0 Å². The maximum atomic E-state index is 13.5.